The van der Waals surface area contributed by atoms with Gasteiger partial charge in [0, 0.05) is 18.0 Å². The molecule has 0 aliphatic rings. The van der Waals surface area contributed by atoms with E-state index in [9.17, 15) is 9.59 Å². The standard InChI is InChI=1S/C12H16N2O3S/c1-2-18-8-5-10(12(16)17)14-11(15)9-3-6-13-7-4-9/h3-4,6-7,10H,2,5,8H2,1H3,(H,14,15)(H,16,17). The molecular weight excluding hydrogens is 252 g/mol. The number of carbonyl (C=O) groups is 2. The van der Waals surface area contributed by atoms with Crippen LogP contribution in [-0.2, 0) is 4.79 Å². The Bertz CT molecular complexity index is 398. The highest BCUT2D eigenvalue weighted by molar-refractivity contribution is 7.99. The van der Waals surface area contributed by atoms with Crippen molar-refractivity contribution in [2.75, 3.05) is 11.5 Å². The first-order valence-corrected chi connectivity index (χ1v) is 6.82. The third-order valence-electron chi connectivity index (χ3n) is 2.30. The predicted molar refractivity (Wildman–Crippen MR) is 70.7 cm³/mol. The summed E-state index contributed by atoms with van der Waals surface area (Å²) in [5.74, 6) is 0.259. The number of aromatic nitrogens is 1. The molecule has 0 aliphatic carbocycles. The van der Waals surface area contributed by atoms with E-state index in [1.165, 1.54) is 12.4 Å². The lowest BCUT2D eigenvalue weighted by atomic mass is 10.2. The Morgan fingerprint density at radius 1 is 1.44 bits per heavy atom. The molecule has 1 rings (SSSR count). The maximum absolute atomic E-state index is 11.8. The fraction of sp³-hybridized carbons (Fsp3) is 0.417. The van der Waals surface area contributed by atoms with Crippen molar-refractivity contribution in [3.05, 3.63) is 30.1 Å². The molecule has 98 valence electrons. The lowest BCUT2D eigenvalue weighted by Gasteiger charge is -2.14. The van der Waals surface area contributed by atoms with Crippen molar-refractivity contribution in [2.45, 2.75) is 19.4 Å². The van der Waals surface area contributed by atoms with E-state index in [-0.39, 0.29) is 5.91 Å². The van der Waals surface area contributed by atoms with E-state index in [0.717, 1.165) is 5.75 Å². The van der Waals surface area contributed by atoms with Crippen molar-refractivity contribution in [2.24, 2.45) is 0 Å². The van der Waals surface area contributed by atoms with Crippen LogP contribution in [-0.4, -0.2) is 39.5 Å². The number of carboxylic acids is 1. The molecule has 0 spiro atoms. The normalized spacial score (nSPS) is 11.8. The van der Waals surface area contributed by atoms with E-state index in [1.807, 2.05) is 6.92 Å². The SMILES string of the molecule is CCSCCC(NC(=O)c1ccncc1)C(=O)O. The summed E-state index contributed by atoms with van der Waals surface area (Å²) in [6, 6.07) is 2.26. The monoisotopic (exact) mass is 268 g/mol. The minimum atomic E-state index is -1.01. The number of hydrogen-bond donors (Lipinski definition) is 2. The first kappa shape index (κ1) is 14.5. The van der Waals surface area contributed by atoms with Crippen LogP contribution in [0.4, 0.5) is 0 Å². The average molecular weight is 268 g/mol. The largest absolute Gasteiger partial charge is 0.480 e. The molecule has 6 heteroatoms. The minimum Gasteiger partial charge on any atom is -0.480 e. The number of nitrogens with one attached hydrogen (secondary N) is 1. The smallest absolute Gasteiger partial charge is 0.326 e. The van der Waals surface area contributed by atoms with Crippen LogP contribution in [0.3, 0.4) is 0 Å². The van der Waals surface area contributed by atoms with Crippen LogP contribution < -0.4 is 5.32 Å². The highest BCUT2D eigenvalue weighted by Gasteiger charge is 2.19. The average Bonchev–Trinajstić information content (AvgIpc) is 2.38. The van der Waals surface area contributed by atoms with E-state index >= 15 is 0 Å². The van der Waals surface area contributed by atoms with Crippen LogP contribution in [0.2, 0.25) is 0 Å². The Kier molecular flexibility index (Phi) is 6.21. The van der Waals surface area contributed by atoms with Gasteiger partial charge in [0.05, 0.1) is 0 Å². The number of aliphatic carboxylic acids is 1. The number of rotatable bonds is 7. The number of carbonyl (C=O) groups excluding carboxylic acids is 1. The number of carboxylic acid groups (broad SMARTS) is 1. The van der Waals surface area contributed by atoms with Crippen molar-refractivity contribution in [3.8, 4) is 0 Å². The van der Waals surface area contributed by atoms with Gasteiger partial charge in [-0.3, -0.25) is 9.78 Å². The summed E-state index contributed by atoms with van der Waals surface area (Å²) in [5, 5.41) is 11.5. The zero-order valence-corrected chi connectivity index (χ0v) is 10.9. The van der Waals surface area contributed by atoms with Gasteiger partial charge in [0.15, 0.2) is 0 Å². The molecule has 2 N–H and O–H groups in total. The summed E-state index contributed by atoms with van der Waals surface area (Å²) in [6.07, 6.45) is 3.42. The summed E-state index contributed by atoms with van der Waals surface area (Å²) < 4.78 is 0. The first-order valence-electron chi connectivity index (χ1n) is 5.66. The molecular formula is C12H16N2O3S. The third-order valence-corrected chi connectivity index (χ3v) is 3.23. The molecule has 0 bridgehead atoms. The number of thioether (sulfide) groups is 1. The van der Waals surface area contributed by atoms with Gasteiger partial charge in [-0.25, -0.2) is 4.79 Å². The Morgan fingerprint density at radius 3 is 2.67 bits per heavy atom. The molecule has 1 unspecified atom stereocenters. The van der Waals surface area contributed by atoms with E-state index in [1.54, 1.807) is 23.9 Å². The van der Waals surface area contributed by atoms with Gasteiger partial charge >= 0.3 is 5.97 Å². The summed E-state index contributed by atoms with van der Waals surface area (Å²) >= 11 is 1.65. The molecule has 1 aromatic heterocycles. The van der Waals surface area contributed by atoms with Crippen LogP contribution in [0, 0.1) is 0 Å². The van der Waals surface area contributed by atoms with Gasteiger partial charge in [-0.05, 0) is 30.1 Å². The molecule has 0 aliphatic heterocycles. The molecule has 1 atom stereocenters. The van der Waals surface area contributed by atoms with Crippen molar-refractivity contribution in [3.63, 3.8) is 0 Å². The molecule has 0 radical (unpaired) electrons. The van der Waals surface area contributed by atoms with Crippen molar-refractivity contribution in [1.82, 2.24) is 10.3 Å². The minimum absolute atomic E-state index is 0.383. The second-order valence-corrected chi connectivity index (χ2v) is 4.98. The lowest BCUT2D eigenvalue weighted by Crippen LogP contribution is -2.41. The summed E-state index contributed by atoms with van der Waals surface area (Å²) in [6.45, 7) is 2.01. The van der Waals surface area contributed by atoms with E-state index in [0.29, 0.717) is 17.7 Å². The number of hydrogen-bond acceptors (Lipinski definition) is 4. The molecule has 0 fully saturated rings. The summed E-state index contributed by atoms with van der Waals surface area (Å²) in [7, 11) is 0. The van der Waals surface area contributed by atoms with Crippen LogP contribution in [0.25, 0.3) is 0 Å². The molecule has 18 heavy (non-hydrogen) atoms. The molecule has 0 aromatic carbocycles. The third kappa shape index (κ3) is 4.75. The Hall–Kier alpha value is -1.56. The van der Waals surface area contributed by atoms with Gasteiger partial charge in [0.2, 0.25) is 0 Å². The van der Waals surface area contributed by atoms with Crippen molar-refractivity contribution in [1.29, 1.82) is 0 Å². The summed E-state index contributed by atoms with van der Waals surface area (Å²) in [5.41, 5.74) is 0.416. The Balaban J connectivity index is 2.55. The maximum Gasteiger partial charge on any atom is 0.326 e. The van der Waals surface area contributed by atoms with E-state index < -0.39 is 12.0 Å². The molecule has 0 saturated heterocycles. The van der Waals surface area contributed by atoms with Gasteiger partial charge in [-0.1, -0.05) is 6.92 Å². The topological polar surface area (TPSA) is 79.3 Å². The van der Waals surface area contributed by atoms with Crippen molar-refractivity contribution < 1.29 is 14.7 Å². The van der Waals surface area contributed by atoms with Crippen LogP contribution in [0.15, 0.2) is 24.5 Å². The quantitative estimate of drug-likeness (QED) is 0.731. The number of nitrogens with zero attached hydrogens (tertiary/aromatic N) is 1. The molecule has 1 aromatic rings. The highest BCUT2D eigenvalue weighted by Crippen LogP contribution is 2.06. The van der Waals surface area contributed by atoms with E-state index in [4.69, 9.17) is 5.11 Å². The lowest BCUT2D eigenvalue weighted by molar-refractivity contribution is -0.139. The Labute approximate surface area is 110 Å². The van der Waals surface area contributed by atoms with Gasteiger partial charge in [0.1, 0.15) is 6.04 Å². The van der Waals surface area contributed by atoms with Gasteiger partial charge in [-0.2, -0.15) is 11.8 Å². The van der Waals surface area contributed by atoms with E-state index in [2.05, 4.69) is 10.3 Å². The fourth-order valence-corrected chi connectivity index (χ4v) is 2.04. The number of amides is 1. The first-order chi connectivity index (χ1) is 8.65. The molecule has 5 nitrogen and oxygen atoms in total. The Morgan fingerprint density at radius 2 is 2.11 bits per heavy atom. The van der Waals surface area contributed by atoms with Gasteiger partial charge in [-0.15, -0.1) is 0 Å². The van der Waals surface area contributed by atoms with Gasteiger partial charge < -0.3 is 10.4 Å². The van der Waals surface area contributed by atoms with Crippen LogP contribution in [0.1, 0.15) is 23.7 Å². The summed E-state index contributed by atoms with van der Waals surface area (Å²) in [4.78, 5) is 26.6. The number of pyridine rings is 1. The molecule has 1 amide bonds. The van der Waals surface area contributed by atoms with Crippen LogP contribution >= 0.6 is 11.8 Å². The predicted octanol–water partition coefficient (Wildman–Crippen LogP) is 1.41. The fourth-order valence-electron chi connectivity index (χ4n) is 1.35. The van der Waals surface area contributed by atoms with Crippen molar-refractivity contribution >= 4 is 23.6 Å². The second kappa shape index (κ2) is 7.71. The zero-order chi connectivity index (χ0) is 13.4. The van der Waals surface area contributed by atoms with Gasteiger partial charge in [0.25, 0.3) is 5.91 Å². The molecule has 0 saturated carbocycles. The zero-order valence-electron chi connectivity index (χ0n) is 10.1. The highest BCUT2D eigenvalue weighted by atomic mass is 32.2. The molecule has 1 heterocycles. The second-order valence-electron chi connectivity index (χ2n) is 3.59. The maximum atomic E-state index is 11.8. The van der Waals surface area contributed by atoms with Crippen LogP contribution in [0.5, 0.6) is 0 Å².